The third-order valence-electron chi connectivity index (χ3n) is 5.34. The lowest BCUT2D eigenvalue weighted by atomic mass is 9.78. The van der Waals surface area contributed by atoms with Gasteiger partial charge in [-0.05, 0) is 64.0 Å². The number of fused-ring (bicyclic) bond motifs is 2. The first-order valence-electron chi connectivity index (χ1n) is 8.73. The fourth-order valence-corrected chi connectivity index (χ4v) is 5.22. The van der Waals surface area contributed by atoms with Gasteiger partial charge in [-0.3, -0.25) is 4.79 Å². The van der Waals surface area contributed by atoms with E-state index in [1.54, 1.807) is 11.3 Å². The highest BCUT2D eigenvalue weighted by Crippen LogP contribution is 2.56. The van der Waals surface area contributed by atoms with Crippen molar-refractivity contribution in [2.75, 3.05) is 0 Å². The lowest BCUT2D eigenvalue weighted by molar-refractivity contribution is -0.128. The number of aryl methyl sites for hydroxylation is 1. The maximum atomic E-state index is 12.7. The predicted molar refractivity (Wildman–Crippen MR) is 92.7 cm³/mol. The number of rotatable bonds is 4. The molecule has 2 bridgehead atoms. The lowest BCUT2D eigenvalue weighted by Crippen LogP contribution is -2.40. The van der Waals surface area contributed by atoms with Gasteiger partial charge in [-0.25, -0.2) is 0 Å². The summed E-state index contributed by atoms with van der Waals surface area (Å²) in [6, 6.07) is 4.25. The SMILES string of the molecule is Cc1ccc(-c2noc([C@H]3[C@@H]4CC[C@@H](C4)[C@@H]3C(=O)NC(C)C)n2)s1. The molecule has 2 aromatic rings. The Bertz CT molecular complexity index is 751. The number of thiophene rings is 1. The molecule has 4 rings (SSSR count). The van der Waals surface area contributed by atoms with Gasteiger partial charge in [0.25, 0.3) is 0 Å². The molecular formula is C18H23N3O2S. The average Bonchev–Trinajstić information content (AvgIpc) is 3.28. The van der Waals surface area contributed by atoms with Gasteiger partial charge in [0.2, 0.25) is 17.6 Å². The smallest absolute Gasteiger partial charge is 0.231 e. The van der Waals surface area contributed by atoms with Gasteiger partial charge in [0.1, 0.15) is 0 Å². The van der Waals surface area contributed by atoms with Crippen molar-refractivity contribution in [2.45, 2.75) is 52.0 Å². The lowest BCUT2D eigenvalue weighted by Gasteiger charge is -2.28. The monoisotopic (exact) mass is 345 g/mol. The van der Waals surface area contributed by atoms with E-state index in [1.807, 2.05) is 19.9 Å². The van der Waals surface area contributed by atoms with Crippen molar-refractivity contribution in [3.8, 4) is 10.7 Å². The molecule has 2 fully saturated rings. The molecule has 0 aromatic carbocycles. The van der Waals surface area contributed by atoms with Gasteiger partial charge in [0.05, 0.1) is 16.7 Å². The molecule has 6 heteroatoms. The van der Waals surface area contributed by atoms with Gasteiger partial charge in [0.15, 0.2) is 0 Å². The van der Waals surface area contributed by atoms with E-state index in [4.69, 9.17) is 4.52 Å². The normalized spacial score (nSPS) is 28.7. The Morgan fingerprint density at radius 1 is 1.33 bits per heavy atom. The zero-order chi connectivity index (χ0) is 16.8. The highest BCUT2D eigenvalue weighted by atomic mass is 32.1. The third-order valence-corrected chi connectivity index (χ3v) is 6.33. The van der Waals surface area contributed by atoms with E-state index in [2.05, 4.69) is 28.4 Å². The van der Waals surface area contributed by atoms with Crippen LogP contribution >= 0.6 is 11.3 Å². The second-order valence-electron chi connectivity index (χ2n) is 7.41. The molecule has 5 nitrogen and oxygen atoms in total. The summed E-state index contributed by atoms with van der Waals surface area (Å²) in [5.41, 5.74) is 0. The number of aromatic nitrogens is 2. The Hall–Kier alpha value is -1.69. The van der Waals surface area contributed by atoms with E-state index in [9.17, 15) is 4.79 Å². The Morgan fingerprint density at radius 2 is 2.12 bits per heavy atom. The van der Waals surface area contributed by atoms with Crippen molar-refractivity contribution < 1.29 is 9.32 Å². The zero-order valence-corrected chi connectivity index (χ0v) is 15.1. The minimum absolute atomic E-state index is 0.0236. The molecule has 2 aliphatic carbocycles. The highest BCUT2D eigenvalue weighted by Gasteiger charge is 2.53. The number of nitrogens with zero attached hydrogens (tertiary/aromatic N) is 2. The topological polar surface area (TPSA) is 68.0 Å². The number of nitrogens with one attached hydrogen (secondary N) is 1. The number of carbonyl (C=O) groups is 1. The zero-order valence-electron chi connectivity index (χ0n) is 14.3. The Kier molecular flexibility index (Phi) is 3.95. The van der Waals surface area contributed by atoms with Crippen LogP contribution in [0.4, 0.5) is 0 Å². The quantitative estimate of drug-likeness (QED) is 0.916. The first-order valence-corrected chi connectivity index (χ1v) is 9.55. The fourth-order valence-electron chi connectivity index (χ4n) is 4.43. The number of carbonyl (C=O) groups excluding carboxylic acids is 1. The summed E-state index contributed by atoms with van der Waals surface area (Å²) in [6.07, 6.45) is 3.41. The molecule has 24 heavy (non-hydrogen) atoms. The van der Waals surface area contributed by atoms with Gasteiger partial charge in [0, 0.05) is 10.9 Å². The van der Waals surface area contributed by atoms with Gasteiger partial charge >= 0.3 is 0 Å². The van der Waals surface area contributed by atoms with Crippen molar-refractivity contribution in [1.82, 2.24) is 15.5 Å². The van der Waals surface area contributed by atoms with Gasteiger partial charge in [-0.2, -0.15) is 4.98 Å². The molecule has 4 atom stereocenters. The summed E-state index contributed by atoms with van der Waals surface area (Å²) in [6.45, 7) is 6.07. The molecule has 0 spiro atoms. The predicted octanol–water partition coefficient (Wildman–Crippen LogP) is 3.76. The van der Waals surface area contributed by atoms with Crippen LogP contribution in [-0.4, -0.2) is 22.1 Å². The summed E-state index contributed by atoms with van der Waals surface area (Å²) in [5, 5.41) is 7.26. The van der Waals surface area contributed by atoms with Gasteiger partial charge < -0.3 is 9.84 Å². The van der Waals surface area contributed by atoms with Crippen LogP contribution in [0.25, 0.3) is 10.7 Å². The van der Waals surface area contributed by atoms with Gasteiger partial charge in [-0.15, -0.1) is 11.3 Å². The van der Waals surface area contributed by atoms with Crippen LogP contribution in [0.5, 0.6) is 0 Å². The number of hydrogen-bond donors (Lipinski definition) is 1. The molecule has 1 amide bonds. The van der Waals surface area contributed by atoms with Crippen LogP contribution in [0.15, 0.2) is 16.7 Å². The summed E-state index contributed by atoms with van der Waals surface area (Å²) >= 11 is 1.66. The molecule has 0 saturated heterocycles. The van der Waals surface area contributed by atoms with Crippen LogP contribution in [0.2, 0.25) is 0 Å². The van der Waals surface area contributed by atoms with Crippen molar-refractivity contribution in [3.05, 3.63) is 22.9 Å². The Labute approximate surface area is 145 Å². The molecule has 0 unspecified atom stereocenters. The first kappa shape index (κ1) is 15.8. The Balaban J connectivity index is 1.62. The minimum Gasteiger partial charge on any atom is -0.354 e. The van der Waals surface area contributed by atoms with Crippen LogP contribution in [0.3, 0.4) is 0 Å². The van der Waals surface area contributed by atoms with Crippen molar-refractivity contribution >= 4 is 17.2 Å². The van der Waals surface area contributed by atoms with E-state index < -0.39 is 0 Å². The van der Waals surface area contributed by atoms with E-state index in [0.29, 0.717) is 23.6 Å². The average molecular weight is 345 g/mol. The van der Waals surface area contributed by atoms with Crippen molar-refractivity contribution in [3.63, 3.8) is 0 Å². The molecule has 2 aliphatic rings. The summed E-state index contributed by atoms with van der Waals surface area (Å²) in [4.78, 5) is 19.6. The second-order valence-corrected chi connectivity index (χ2v) is 8.70. The highest BCUT2D eigenvalue weighted by molar-refractivity contribution is 7.15. The molecule has 0 radical (unpaired) electrons. The molecule has 2 heterocycles. The summed E-state index contributed by atoms with van der Waals surface area (Å²) in [5.74, 6) is 2.44. The summed E-state index contributed by atoms with van der Waals surface area (Å²) in [7, 11) is 0. The second kappa shape index (κ2) is 5.99. The van der Waals surface area contributed by atoms with Crippen molar-refractivity contribution in [1.29, 1.82) is 0 Å². The van der Waals surface area contributed by atoms with Crippen LogP contribution in [-0.2, 0) is 4.79 Å². The van der Waals surface area contributed by atoms with Crippen LogP contribution in [0.1, 0.15) is 49.8 Å². The van der Waals surface area contributed by atoms with Crippen LogP contribution in [0, 0.1) is 24.7 Å². The molecule has 2 saturated carbocycles. The van der Waals surface area contributed by atoms with Crippen molar-refractivity contribution in [2.24, 2.45) is 17.8 Å². The van der Waals surface area contributed by atoms with E-state index in [-0.39, 0.29) is 23.8 Å². The largest absolute Gasteiger partial charge is 0.354 e. The van der Waals surface area contributed by atoms with E-state index in [0.717, 1.165) is 24.1 Å². The molecule has 128 valence electrons. The third kappa shape index (κ3) is 2.66. The van der Waals surface area contributed by atoms with E-state index >= 15 is 0 Å². The maximum absolute atomic E-state index is 12.7. The molecule has 1 N–H and O–H groups in total. The number of amides is 1. The van der Waals surface area contributed by atoms with E-state index in [1.165, 1.54) is 4.88 Å². The molecular weight excluding hydrogens is 322 g/mol. The standard InChI is InChI=1S/C18H23N3O2S/c1-9(2)19-17(22)14-11-5-6-12(8-11)15(14)18-20-16(21-23-18)13-7-4-10(3)24-13/h4,7,9,11-12,14-15H,5-6,8H2,1-3H3,(H,19,22)/t11-,12+,14-,15-/m0/s1. The molecule has 0 aliphatic heterocycles. The van der Waals surface area contributed by atoms with Gasteiger partial charge in [-0.1, -0.05) is 5.16 Å². The number of hydrogen-bond acceptors (Lipinski definition) is 5. The minimum atomic E-state index is -0.0236. The first-order chi connectivity index (χ1) is 11.5. The molecule has 2 aromatic heterocycles. The Morgan fingerprint density at radius 3 is 2.83 bits per heavy atom. The van der Waals surface area contributed by atoms with Crippen LogP contribution < -0.4 is 5.32 Å². The maximum Gasteiger partial charge on any atom is 0.231 e. The summed E-state index contributed by atoms with van der Waals surface area (Å²) < 4.78 is 5.62. The fraction of sp³-hybridized carbons (Fsp3) is 0.611.